The van der Waals surface area contributed by atoms with E-state index in [1.807, 2.05) is 17.9 Å². The molecule has 3 nitrogen and oxygen atoms in total. The quantitative estimate of drug-likeness (QED) is 0.909. The summed E-state index contributed by atoms with van der Waals surface area (Å²) in [6, 6.07) is 13.5. The van der Waals surface area contributed by atoms with Crippen molar-refractivity contribution in [3.05, 3.63) is 53.9 Å². The molecule has 21 heavy (non-hydrogen) atoms. The molecule has 1 aliphatic carbocycles. The van der Waals surface area contributed by atoms with E-state index in [-0.39, 0.29) is 5.41 Å². The summed E-state index contributed by atoms with van der Waals surface area (Å²) >= 11 is 0. The summed E-state index contributed by atoms with van der Waals surface area (Å²) in [7, 11) is 2.05. The second-order valence-corrected chi connectivity index (χ2v) is 6.10. The molecule has 0 bridgehead atoms. The number of hydrogen-bond donors (Lipinski definition) is 1. The van der Waals surface area contributed by atoms with Gasteiger partial charge in [-0.15, -0.1) is 0 Å². The molecule has 0 spiro atoms. The molecule has 1 heterocycles. The molecule has 2 aromatic rings. The molecule has 0 saturated heterocycles. The van der Waals surface area contributed by atoms with E-state index in [1.165, 1.54) is 36.9 Å². The molecular weight excluding hydrogens is 258 g/mol. The fourth-order valence-electron chi connectivity index (χ4n) is 3.97. The standard InChI is InChI=1S/C18H25N3/c1-3-19-17(16-11-14-20-21(16)2)18(12-7-8-13-18)15-9-5-4-6-10-15/h4-6,9-11,14,17,19H,3,7-8,12-13H2,1-2H3. The molecule has 1 saturated carbocycles. The first kappa shape index (κ1) is 14.3. The van der Waals surface area contributed by atoms with Crippen LogP contribution in [0, 0.1) is 0 Å². The lowest BCUT2D eigenvalue weighted by Gasteiger charge is -2.39. The maximum Gasteiger partial charge on any atom is 0.0589 e. The average Bonchev–Trinajstić information content (AvgIpc) is 3.16. The molecule has 3 rings (SSSR count). The van der Waals surface area contributed by atoms with Crippen LogP contribution in [0.15, 0.2) is 42.6 Å². The van der Waals surface area contributed by atoms with Crippen LogP contribution in [0.5, 0.6) is 0 Å². The number of rotatable bonds is 5. The summed E-state index contributed by atoms with van der Waals surface area (Å²) in [4.78, 5) is 0. The van der Waals surface area contributed by atoms with Gasteiger partial charge in [0.1, 0.15) is 0 Å². The summed E-state index contributed by atoms with van der Waals surface area (Å²) in [5.74, 6) is 0. The second kappa shape index (κ2) is 6.02. The van der Waals surface area contributed by atoms with Gasteiger partial charge in [-0.05, 0) is 31.0 Å². The van der Waals surface area contributed by atoms with Gasteiger partial charge in [0.2, 0.25) is 0 Å². The number of aryl methyl sites for hydroxylation is 1. The summed E-state index contributed by atoms with van der Waals surface area (Å²) in [5.41, 5.74) is 2.96. The van der Waals surface area contributed by atoms with Crippen molar-refractivity contribution in [2.45, 2.75) is 44.1 Å². The molecule has 1 atom stereocenters. The van der Waals surface area contributed by atoms with Crippen LogP contribution in [-0.2, 0) is 12.5 Å². The van der Waals surface area contributed by atoms with E-state index in [9.17, 15) is 0 Å². The van der Waals surface area contributed by atoms with Crippen LogP contribution < -0.4 is 5.32 Å². The predicted molar refractivity (Wildman–Crippen MR) is 86.2 cm³/mol. The van der Waals surface area contributed by atoms with Gasteiger partial charge >= 0.3 is 0 Å². The molecule has 1 aromatic heterocycles. The molecule has 0 amide bonds. The van der Waals surface area contributed by atoms with Crippen LogP contribution in [0.1, 0.15) is 49.9 Å². The zero-order valence-corrected chi connectivity index (χ0v) is 13.0. The Kier molecular flexibility index (Phi) is 4.11. The Morgan fingerprint density at radius 2 is 1.90 bits per heavy atom. The van der Waals surface area contributed by atoms with E-state index in [2.05, 4.69) is 53.7 Å². The molecule has 0 aliphatic heterocycles. The van der Waals surface area contributed by atoms with Crippen molar-refractivity contribution in [1.29, 1.82) is 0 Å². The van der Waals surface area contributed by atoms with Crippen molar-refractivity contribution < 1.29 is 0 Å². The first-order chi connectivity index (χ1) is 10.3. The Balaban J connectivity index is 2.07. The summed E-state index contributed by atoms with van der Waals surface area (Å²) in [6.07, 6.45) is 7.04. The number of nitrogens with zero attached hydrogens (tertiary/aromatic N) is 2. The highest BCUT2D eigenvalue weighted by Gasteiger charge is 2.44. The molecule has 1 aliphatic rings. The van der Waals surface area contributed by atoms with Crippen LogP contribution in [0.2, 0.25) is 0 Å². The van der Waals surface area contributed by atoms with Crippen molar-refractivity contribution in [2.75, 3.05) is 6.54 Å². The van der Waals surface area contributed by atoms with E-state index in [0.717, 1.165) is 6.54 Å². The Morgan fingerprint density at radius 3 is 2.48 bits per heavy atom. The highest BCUT2D eigenvalue weighted by molar-refractivity contribution is 5.32. The minimum atomic E-state index is 0.199. The molecule has 112 valence electrons. The van der Waals surface area contributed by atoms with E-state index in [4.69, 9.17) is 0 Å². The normalized spacial score (nSPS) is 18.8. The van der Waals surface area contributed by atoms with Crippen LogP contribution in [0.3, 0.4) is 0 Å². The van der Waals surface area contributed by atoms with E-state index in [1.54, 1.807) is 0 Å². The first-order valence-electron chi connectivity index (χ1n) is 8.05. The predicted octanol–water partition coefficient (Wildman–Crippen LogP) is 3.58. The van der Waals surface area contributed by atoms with Gasteiger partial charge in [0, 0.05) is 18.7 Å². The third kappa shape index (κ3) is 2.51. The van der Waals surface area contributed by atoms with Crippen LogP contribution in [-0.4, -0.2) is 16.3 Å². The number of hydrogen-bond acceptors (Lipinski definition) is 2. The van der Waals surface area contributed by atoms with Crippen LogP contribution in [0.25, 0.3) is 0 Å². The zero-order chi connectivity index (χ0) is 14.7. The van der Waals surface area contributed by atoms with Gasteiger partial charge in [-0.25, -0.2) is 0 Å². The van der Waals surface area contributed by atoms with E-state index >= 15 is 0 Å². The summed E-state index contributed by atoms with van der Waals surface area (Å²) in [6.45, 7) is 3.17. The monoisotopic (exact) mass is 283 g/mol. The fourth-order valence-corrected chi connectivity index (χ4v) is 3.97. The number of nitrogens with one attached hydrogen (secondary N) is 1. The molecule has 1 fully saturated rings. The zero-order valence-electron chi connectivity index (χ0n) is 13.0. The third-order valence-corrected chi connectivity index (χ3v) is 4.96. The van der Waals surface area contributed by atoms with E-state index in [0.29, 0.717) is 6.04 Å². The number of likely N-dealkylation sites (N-methyl/N-ethyl adjacent to an activating group) is 1. The molecule has 1 unspecified atom stereocenters. The number of aromatic nitrogens is 2. The summed E-state index contributed by atoms with van der Waals surface area (Å²) in [5, 5.41) is 8.14. The molecule has 3 heteroatoms. The van der Waals surface area contributed by atoms with Crippen molar-refractivity contribution in [1.82, 2.24) is 15.1 Å². The van der Waals surface area contributed by atoms with Crippen molar-refractivity contribution >= 4 is 0 Å². The van der Waals surface area contributed by atoms with Gasteiger partial charge in [0.25, 0.3) is 0 Å². The molecule has 0 radical (unpaired) electrons. The fraction of sp³-hybridized carbons (Fsp3) is 0.500. The maximum absolute atomic E-state index is 4.39. The largest absolute Gasteiger partial charge is 0.308 e. The molecular formula is C18H25N3. The van der Waals surface area contributed by atoms with Crippen LogP contribution >= 0.6 is 0 Å². The second-order valence-electron chi connectivity index (χ2n) is 6.10. The Hall–Kier alpha value is -1.61. The van der Waals surface area contributed by atoms with Crippen molar-refractivity contribution in [2.24, 2.45) is 7.05 Å². The average molecular weight is 283 g/mol. The Morgan fingerprint density at radius 1 is 1.19 bits per heavy atom. The van der Waals surface area contributed by atoms with E-state index < -0.39 is 0 Å². The topological polar surface area (TPSA) is 29.9 Å². The van der Waals surface area contributed by atoms with Gasteiger partial charge in [-0.3, -0.25) is 4.68 Å². The highest BCUT2D eigenvalue weighted by atomic mass is 15.3. The van der Waals surface area contributed by atoms with Crippen molar-refractivity contribution in [3.8, 4) is 0 Å². The lowest BCUT2D eigenvalue weighted by Crippen LogP contribution is -2.41. The maximum atomic E-state index is 4.39. The van der Waals surface area contributed by atoms with Crippen molar-refractivity contribution in [3.63, 3.8) is 0 Å². The van der Waals surface area contributed by atoms with Crippen LogP contribution in [0.4, 0.5) is 0 Å². The lowest BCUT2D eigenvalue weighted by atomic mass is 9.71. The van der Waals surface area contributed by atoms with Gasteiger partial charge in [0.15, 0.2) is 0 Å². The first-order valence-corrected chi connectivity index (χ1v) is 8.05. The number of benzene rings is 1. The minimum absolute atomic E-state index is 0.199. The lowest BCUT2D eigenvalue weighted by molar-refractivity contribution is 0.292. The Bertz CT molecular complexity index is 567. The Labute approximate surface area is 127 Å². The summed E-state index contributed by atoms with van der Waals surface area (Å²) < 4.78 is 2.02. The highest BCUT2D eigenvalue weighted by Crippen LogP contribution is 2.49. The minimum Gasteiger partial charge on any atom is -0.308 e. The smallest absolute Gasteiger partial charge is 0.0589 e. The molecule has 1 N–H and O–H groups in total. The third-order valence-electron chi connectivity index (χ3n) is 4.96. The van der Waals surface area contributed by atoms with Gasteiger partial charge in [-0.2, -0.15) is 5.10 Å². The molecule has 1 aromatic carbocycles. The van der Waals surface area contributed by atoms with Gasteiger partial charge in [-0.1, -0.05) is 50.1 Å². The van der Waals surface area contributed by atoms with Gasteiger partial charge < -0.3 is 5.32 Å². The van der Waals surface area contributed by atoms with Gasteiger partial charge in [0.05, 0.1) is 11.7 Å². The SMILES string of the molecule is CCNC(c1ccnn1C)C1(c2ccccc2)CCCC1.